The fraction of sp³-hybridized carbons (Fsp3) is 0.250. The molecule has 0 saturated carbocycles. The number of pyridine rings is 1. The highest BCUT2D eigenvalue weighted by Gasteiger charge is 2.20. The van der Waals surface area contributed by atoms with Crippen molar-refractivity contribution < 1.29 is 4.57 Å². The summed E-state index contributed by atoms with van der Waals surface area (Å²) in [5.41, 5.74) is 5.36. The average molecular weight is 276 g/mol. The number of fused-ring (bicyclic) bond motifs is 1. The molecule has 0 atom stereocenters. The number of hydrogen-bond acceptors (Lipinski definition) is 0. The lowest BCUT2D eigenvalue weighted by Gasteiger charge is -2.09. The van der Waals surface area contributed by atoms with Crippen molar-refractivity contribution in [2.75, 3.05) is 0 Å². The Hall–Kier alpha value is -2.15. The summed E-state index contributed by atoms with van der Waals surface area (Å²) >= 11 is 0. The van der Waals surface area contributed by atoms with E-state index in [4.69, 9.17) is 0 Å². The van der Waals surface area contributed by atoms with Crippen LogP contribution in [0.2, 0.25) is 0 Å². The molecule has 0 unspecified atom stereocenters. The van der Waals surface area contributed by atoms with Gasteiger partial charge in [-0.25, -0.2) is 0 Å². The summed E-state index contributed by atoms with van der Waals surface area (Å²) < 4.78 is 2.43. The van der Waals surface area contributed by atoms with Crippen LogP contribution in [0.25, 0.3) is 16.6 Å². The van der Waals surface area contributed by atoms with E-state index in [1.807, 2.05) is 0 Å². The fourth-order valence-electron chi connectivity index (χ4n) is 2.98. The van der Waals surface area contributed by atoms with Crippen LogP contribution in [0.5, 0.6) is 0 Å². The van der Waals surface area contributed by atoms with Crippen LogP contribution in [0.3, 0.4) is 0 Å². The van der Waals surface area contributed by atoms with Crippen molar-refractivity contribution in [1.29, 1.82) is 0 Å². The van der Waals surface area contributed by atoms with Gasteiger partial charge in [-0.2, -0.15) is 4.57 Å². The molecule has 0 amide bonds. The third kappa shape index (κ3) is 2.69. The lowest BCUT2D eigenvalue weighted by atomic mass is 10.0. The molecule has 1 nitrogen and oxygen atoms in total. The number of aromatic nitrogens is 1. The zero-order chi connectivity index (χ0) is 14.7. The summed E-state index contributed by atoms with van der Waals surface area (Å²) in [7, 11) is 0. The number of rotatable bonds is 4. The van der Waals surface area contributed by atoms with Gasteiger partial charge in [-0.05, 0) is 25.5 Å². The predicted octanol–water partition coefficient (Wildman–Crippen LogP) is 4.77. The number of para-hydroxylation sites is 2. The Morgan fingerprint density at radius 3 is 2.38 bits per heavy atom. The molecule has 0 fully saturated rings. The van der Waals surface area contributed by atoms with Crippen molar-refractivity contribution in [2.45, 2.75) is 33.1 Å². The second-order valence-electron chi connectivity index (χ2n) is 5.61. The van der Waals surface area contributed by atoms with E-state index in [0.717, 1.165) is 6.42 Å². The summed E-state index contributed by atoms with van der Waals surface area (Å²) in [4.78, 5) is 0. The number of aryl methyl sites for hydroxylation is 1. The molecule has 0 aliphatic heterocycles. The Kier molecular flexibility index (Phi) is 4.01. The molecular formula is C20H22N+. The number of hydrogen-bond donors (Lipinski definition) is 0. The third-order valence-corrected chi connectivity index (χ3v) is 4.06. The number of nitrogens with zero attached hydrogens (tertiary/aromatic N) is 1. The molecule has 1 heterocycles. The van der Waals surface area contributed by atoms with E-state index < -0.39 is 0 Å². The van der Waals surface area contributed by atoms with Gasteiger partial charge in [0.25, 0.3) is 0 Å². The third-order valence-electron chi connectivity index (χ3n) is 4.06. The van der Waals surface area contributed by atoms with E-state index in [9.17, 15) is 0 Å². The molecule has 1 heteroatoms. The van der Waals surface area contributed by atoms with Crippen LogP contribution in [-0.4, -0.2) is 0 Å². The minimum Gasteiger partial charge on any atom is -0.157 e. The highest BCUT2D eigenvalue weighted by molar-refractivity contribution is 5.76. The normalized spacial score (nSPS) is 11.0. The van der Waals surface area contributed by atoms with E-state index in [1.54, 1.807) is 0 Å². The van der Waals surface area contributed by atoms with Crippen LogP contribution in [0.1, 0.15) is 31.0 Å². The zero-order valence-corrected chi connectivity index (χ0v) is 12.8. The van der Waals surface area contributed by atoms with Crippen molar-refractivity contribution in [3.05, 3.63) is 71.9 Å². The van der Waals surface area contributed by atoms with E-state index >= 15 is 0 Å². The van der Waals surface area contributed by atoms with Crippen molar-refractivity contribution in [1.82, 2.24) is 0 Å². The van der Waals surface area contributed by atoms with Crippen molar-refractivity contribution in [3.63, 3.8) is 0 Å². The Morgan fingerprint density at radius 2 is 1.62 bits per heavy atom. The quantitative estimate of drug-likeness (QED) is 0.604. The highest BCUT2D eigenvalue weighted by atomic mass is 15.0. The van der Waals surface area contributed by atoms with Gasteiger partial charge < -0.3 is 0 Å². The number of benzene rings is 2. The van der Waals surface area contributed by atoms with Crippen LogP contribution in [0, 0.1) is 6.92 Å². The Bertz CT molecular complexity index is 744. The van der Waals surface area contributed by atoms with Crippen molar-refractivity contribution in [3.8, 4) is 5.69 Å². The highest BCUT2D eigenvalue weighted by Crippen LogP contribution is 2.18. The van der Waals surface area contributed by atoms with Crippen LogP contribution in [0.4, 0.5) is 0 Å². The summed E-state index contributed by atoms with van der Waals surface area (Å²) in [5, 5.41) is 1.30. The van der Waals surface area contributed by atoms with Crippen LogP contribution in [0.15, 0.2) is 60.7 Å². The molecule has 106 valence electrons. The average Bonchev–Trinajstić information content (AvgIpc) is 2.53. The van der Waals surface area contributed by atoms with Gasteiger partial charge in [0.2, 0.25) is 11.2 Å². The van der Waals surface area contributed by atoms with Gasteiger partial charge in [-0.1, -0.05) is 43.7 Å². The maximum Gasteiger partial charge on any atom is 0.218 e. The van der Waals surface area contributed by atoms with Gasteiger partial charge in [-0.3, -0.25) is 0 Å². The van der Waals surface area contributed by atoms with Crippen molar-refractivity contribution in [2.24, 2.45) is 0 Å². The maximum atomic E-state index is 2.43. The predicted molar refractivity (Wildman–Crippen MR) is 88.8 cm³/mol. The minimum atomic E-state index is 1.13. The molecule has 0 spiro atoms. The molecule has 21 heavy (non-hydrogen) atoms. The van der Waals surface area contributed by atoms with E-state index in [-0.39, 0.29) is 0 Å². The van der Waals surface area contributed by atoms with Crippen LogP contribution in [-0.2, 0) is 6.42 Å². The zero-order valence-electron chi connectivity index (χ0n) is 12.8. The van der Waals surface area contributed by atoms with Gasteiger partial charge in [0, 0.05) is 35.6 Å². The summed E-state index contributed by atoms with van der Waals surface area (Å²) in [6.07, 6.45) is 3.58. The lowest BCUT2D eigenvalue weighted by molar-refractivity contribution is -0.576. The Labute approximate surface area is 126 Å². The number of unbranched alkanes of at least 4 members (excludes halogenated alkanes) is 1. The van der Waals surface area contributed by atoms with Crippen molar-refractivity contribution >= 4 is 10.9 Å². The fourth-order valence-corrected chi connectivity index (χ4v) is 2.98. The molecule has 0 aliphatic rings. The smallest absolute Gasteiger partial charge is 0.157 e. The molecule has 3 rings (SSSR count). The molecular weight excluding hydrogens is 254 g/mol. The molecule has 3 aromatic rings. The first kappa shape index (κ1) is 13.8. The molecule has 2 aromatic carbocycles. The van der Waals surface area contributed by atoms with Gasteiger partial charge in [0.1, 0.15) is 0 Å². The van der Waals surface area contributed by atoms with Gasteiger partial charge in [0.15, 0.2) is 5.69 Å². The van der Waals surface area contributed by atoms with E-state index in [0.29, 0.717) is 0 Å². The van der Waals surface area contributed by atoms with Gasteiger partial charge >= 0.3 is 0 Å². The second-order valence-corrected chi connectivity index (χ2v) is 5.61. The van der Waals surface area contributed by atoms with Gasteiger partial charge in [0.05, 0.1) is 0 Å². The molecule has 0 N–H and O–H groups in total. The Morgan fingerprint density at radius 1 is 0.905 bits per heavy atom. The van der Waals surface area contributed by atoms with E-state index in [1.165, 1.54) is 40.7 Å². The first-order valence-corrected chi connectivity index (χ1v) is 7.80. The van der Waals surface area contributed by atoms with Crippen LogP contribution < -0.4 is 4.57 Å². The molecule has 0 saturated heterocycles. The molecule has 0 radical (unpaired) electrons. The standard InChI is InChI=1S/C20H22N/c1-3-4-13-19-16(2)15-17-10-8-9-14-20(17)21(19)18-11-6-5-7-12-18/h5-12,14-15H,3-4,13H2,1-2H3/q+1. The van der Waals surface area contributed by atoms with E-state index in [2.05, 4.69) is 79.1 Å². The SMILES string of the molecule is CCCCc1c(C)cc2ccccc2[n+]1-c1ccccc1. The minimum absolute atomic E-state index is 1.13. The summed E-state index contributed by atoms with van der Waals surface area (Å²) in [6, 6.07) is 21.7. The maximum absolute atomic E-state index is 2.43. The first-order valence-electron chi connectivity index (χ1n) is 7.80. The van der Waals surface area contributed by atoms with Gasteiger partial charge in [-0.15, -0.1) is 0 Å². The Balaban J connectivity index is 2.31. The largest absolute Gasteiger partial charge is 0.218 e. The first-order chi connectivity index (χ1) is 10.3. The van der Waals surface area contributed by atoms with Crippen LogP contribution >= 0.6 is 0 Å². The second kappa shape index (κ2) is 6.09. The summed E-state index contributed by atoms with van der Waals surface area (Å²) in [6.45, 7) is 4.49. The molecule has 0 bridgehead atoms. The topological polar surface area (TPSA) is 3.88 Å². The monoisotopic (exact) mass is 276 g/mol. The molecule has 1 aromatic heterocycles. The summed E-state index contributed by atoms with van der Waals surface area (Å²) in [5.74, 6) is 0. The lowest BCUT2D eigenvalue weighted by Crippen LogP contribution is -2.37. The molecule has 0 aliphatic carbocycles.